The number of hydrogen-bond donors (Lipinski definition) is 2. The van der Waals surface area contributed by atoms with Crippen molar-refractivity contribution in [3.8, 4) is 0 Å². The molecule has 1 fully saturated rings. The van der Waals surface area contributed by atoms with Crippen LogP contribution in [0.15, 0.2) is 80.8 Å². The first-order chi connectivity index (χ1) is 20.7. The maximum atomic E-state index is 13.8. The second-order valence-electron chi connectivity index (χ2n) is 9.86. The van der Waals surface area contributed by atoms with Crippen LogP contribution in [0, 0.1) is 5.92 Å². The van der Waals surface area contributed by atoms with Gasteiger partial charge in [0, 0.05) is 21.4 Å². The van der Waals surface area contributed by atoms with Gasteiger partial charge in [-0.25, -0.2) is 18.5 Å². The SMILES string of the molecule is NS(=O)(=O)c1ccc(NC(=O)Cn2c3c(sc2=O)[C@@H](c2cccs2)[C@@H]2C(=O)N(c4cccc(C(F)(F)F)c4)C(=O)[C@@H]2S3)cc1. The number of amides is 3. The van der Waals surface area contributed by atoms with Crippen molar-refractivity contribution in [2.24, 2.45) is 11.1 Å². The number of thiophene rings is 1. The minimum atomic E-state index is -4.69. The molecule has 6 rings (SSSR count). The number of hydrogen-bond acceptors (Lipinski definition) is 9. The Kier molecular flexibility index (Phi) is 7.56. The first-order valence-electron chi connectivity index (χ1n) is 12.7. The van der Waals surface area contributed by atoms with Crippen LogP contribution in [-0.4, -0.2) is 36.0 Å². The number of carbonyl (C=O) groups excluding carboxylic acids is 3. The van der Waals surface area contributed by atoms with E-state index in [1.165, 1.54) is 46.2 Å². The van der Waals surface area contributed by atoms with Gasteiger partial charge >= 0.3 is 11.0 Å². The van der Waals surface area contributed by atoms with Gasteiger partial charge < -0.3 is 5.32 Å². The van der Waals surface area contributed by atoms with E-state index in [0.717, 1.165) is 46.2 Å². The van der Waals surface area contributed by atoms with E-state index in [1.807, 2.05) is 0 Å². The Balaban J connectivity index is 1.34. The lowest BCUT2D eigenvalue weighted by atomic mass is 9.87. The highest BCUT2D eigenvalue weighted by molar-refractivity contribution is 8.00. The average Bonchev–Trinajstić information content (AvgIpc) is 3.65. The predicted molar refractivity (Wildman–Crippen MR) is 158 cm³/mol. The van der Waals surface area contributed by atoms with Crippen LogP contribution in [0.3, 0.4) is 0 Å². The van der Waals surface area contributed by atoms with Crippen molar-refractivity contribution in [2.75, 3.05) is 10.2 Å². The third kappa shape index (κ3) is 5.38. The third-order valence-electron chi connectivity index (χ3n) is 7.10. The van der Waals surface area contributed by atoms with Crippen molar-refractivity contribution in [2.45, 2.75) is 33.8 Å². The zero-order valence-electron chi connectivity index (χ0n) is 22.0. The second kappa shape index (κ2) is 11.0. The number of thioether (sulfide) groups is 1. The zero-order valence-corrected chi connectivity index (χ0v) is 25.2. The minimum Gasteiger partial charge on any atom is -0.325 e. The van der Waals surface area contributed by atoms with Crippen molar-refractivity contribution >= 4 is 73.6 Å². The summed E-state index contributed by atoms with van der Waals surface area (Å²) in [6.07, 6.45) is -4.69. The molecule has 3 atom stereocenters. The molecule has 0 radical (unpaired) electrons. The zero-order chi connectivity index (χ0) is 31.6. The summed E-state index contributed by atoms with van der Waals surface area (Å²) in [5.41, 5.74) is -0.966. The highest BCUT2D eigenvalue weighted by Gasteiger charge is 2.57. The van der Waals surface area contributed by atoms with Gasteiger partial charge in [-0.1, -0.05) is 35.2 Å². The van der Waals surface area contributed by atoms with Gasteiger partial charge in [0.25, 0.3) is 0 Å². The number of carbonyl (C=O) groups is 3. The first-order valence-corrected chi connectivity index (χ1v) is 16.8. The number of benzene rings is 2. The maximum absolute atomic E-state index is 13.8. The van der Waals surface area contributed by atoms with Gasteiger partial charge in [0.2, 0.25) is 27.7 Å². The van der Waals surface area contributed by atoms with E-state index < -0.39 is 68.0 Å². The van der Waals surface area contributed by atoms with Crippen LogP contribution >= 0.6 is 34.4 Å². The van der Waals surface area contributed by atoms with E-state index in [2.05, 4.69) is 5.32 Å². The Bertz CT molecular complexity index is 1970. The van der Waals surface area contributed by atoms with E-state index in [9.17, 15) is 40.8 Å². The van der Waals surface area contributed by atoms with E-state index in [1.54, 1.807) is 17.5 Å². The highest BCUT2D eigenvalue weighted by atomic mass is 32.2. The van der Waals surface area contributed by atoms with Gasteiger partial charge in [0.1, 0.15) is 11.8 Å². The van der Waals surface area contributed by atoms with Crippen LogP contribution in [0.4, 0.5) is 24.5 Å². The van der Waals surface area contributed by atoms with Gasteiger partial charge in [-0.15, -0.1) is 11.3 Å². The minimum absolute atomic E-state index is 0.154. The molecule has 0 bridgehead atoms. The van der Waals surface area contributed by atoms with Crippen LogP contribution in [0.5, 0.6) is 0 Å². The standard InChI is InChI=1S/C27H19F3N4O6S4/c28-27(29,30)13-3-1-4-15(11-13)34-23(36)20-19(17-5-2-10-41-17)22-25(42-21(20)24(34)37)33(26(38)43-22)12-18(35)32-14-6-8-16(9-7-14)44(31,39)40/h1-11,19-21H,12H2,(H,32,35)(H2,31,39,40)/t19-,20-,21+/m0/s1. The van der Waals surface area contributed by atoms with Crippen LogP contribution in [0.1, 0.15) is 21.2 Å². The van der Waals surface area contributed by atoms with E-state index >= 15 is 0 Å². The summed E-state index contributed by atoms with van der Waals surface area (Å²) in [5.74, 6) is -3.75. The Morgan fingerprint density at radius 2 is 1.73 bits per heavy atom. The largest absolute Gasteiger partial charge is 0.416 e. The number of nitrogens with two attached hydrogens (primary N) is 1. The molecule has 228 valence electrons. The number of nitrogens with one attached hydrogen (secondary N) is 1. The molecular formula is C27H19F3N4O6S4. The molecule has 0 spiro atoms. The summed E-state index contributed by atoms with van der Waals surface area (Å²) in [6.45, 7) is -0.456. The Morgan fingerprint density at radius 3 is 2.36 bits per heavy atom. The van der Waals surface area contributed by atoms with Crippen molar-refractivity contribution in [1.82, 2.24) is 4.57 Å². The van der Waals surface area contributed by atoms with Crippen molar-refractivity contribution in [3.63, 3.8) is 0 Å². The maximum Gasteiger partial charge on any atom is 0.416 e. The lowest BCUT2D eigenvalue weighted by Gasteiger charge is -2.29. The van der Waals surface area contributed by atoms with Gasteiger partial charge in [-0.05, 0) is 53.9 Å². The Morgan fingerprint density at radius 1 is 1.00 bits per heavy atom. The predicted octanol–water partition coefficient (Wildman–Crippen LogP) is 4.07. The number of aromatic nitrogens is 1. The molecule has 2 aromatic carbocycles. The fourth-order valence-electron chi connectivity index (χ4n) is 5.18. The molecule has 2 aliphatic rings. The topological polar surface area (TPSA) is 149 Å². The summed E-state index contributed by atoms with van der Waals surface area (Å²) in [4.78, 5) is 54.9. The van der Waals surface area contributed by atoms with Gasteiger partial charge in [-0.2, -0.15) is 13.2 Å². The number of nitrogens with zero attached hydrogens (tertiary/aromatic N) is 2. The number of halogens is 3. The Labute approximate surface area is 259 Å². The van der Waals surface area contributed by atoms with Crippen LogP contribution in [0.2, 0.25) is 0 Å². The molecular weight excluding hydrogens is 662 g/mol. The molecule has 1 saturated heterocycles. The summed E-state index contributed by atoms with van der Waals surface area (Å²) in [7, 11) is -3.94. The molecule has 4 heterocycles. The smallest absolute Gasteiger partial charge is 0.325 e. The average molecular weight is 681 g/mol. The molecule has 0 saturated carbocycles. The molecule has 4 aromatic rings. The van der Waals surface area contributed by atoms with Crippen molar-refractivity contribution in [3.05, 3.63) is 91.0 Å². The lowest BCUT2D eigenvalue weighted by molar-refractivity contribution is -0.137. The molecule has 2 aliphatic heterocycles. The summed E-state index contributed by atoms with van der Waals surface area (Å²) in [5, 5.41) is 8.70. The fraction of sp³-hybridized carbons (Fsp3) is 0.185. The molecule has 2 aromatic heterocycles. The normalized spacial score (nSPS) is 20.0. The van der Waals surface area contributed by atoms with Crippen LogP contribution in [0.25, 0.3) is 0 Å². The first kappa shape index (κ1) is 30.3. The molecule has 3 N–H and O–H groups in total. The second-order valence-corrected chi connectivity index (χ2v) is 14.5. The number of alkyl halides is 3. The molecule has 10 nitrogen and oxygen atoms in total. The van der Waals surface area contributed by atoms with Crippen LogP contribution < -0.4 is 20.2 Å². The fourth-order valence-corrected chi connectivity index (χ4v) is 9.41. The number of thiazole rings is 1. The van der Waals surface area contributed by atoms with Crippen LogP contribution in [-0.2, 0) is 37.1 Å². The monoisotopic (exact) mass is 680 g/mol. The van der Waals surface area contributed by atoms with E-state index in [4.69, 9.17) is 5.14 Å². The molecule has 0 unspecified atom stereocenters. The lowest BCUT2D eigenvalue weighted by Crippen LogP contribution is -2.32. The summed E-state index contributed by atoms with van der Waals surface area (Å²) < 4.78 is 64.5. The number of fused-ring (bicyclic) bond motifs is 2. The Hall–Kier alpha value is -3.77. The number of sulfonamides is 1. The molecule has 44 heavy (non-hydrogen) atoms. The van der Waals surface area contributed by atoms with Crippen molar-refractivity contribution < 1.29 is 36.0 Å². The third-order valence-corrected chi connectivity index (χ3v) is 11.6. The van der Waals surface area contributed by atoms with E-state index in [-0.39, 0.29) is 16.3 Å². The number of anilines is 2. The number of rotatable bonds is 6. The highest BCUT2D eigenvalue weighted by Crippen LogP contribution is 2.54. The van der Waals surface area contributed by atoms with Crippen molar-refractivity contribution in [1.29, 1.82) is 0 Å². The molecule has 3 amide bonds. The summed E-state index contributed by atoms with van der Waals surface area (Å²) in [6, 6.07) is 12.6. The van der Waals surface area contributed by atoms with E-state index in [0.29, 0.717) is 14.8 Å². The number of primary sulfonamides is 1. The molecule has 0 aliphatic carbocycles. The molecule has 17 heteroatoms. The quantitative estimate of drug-likeness (QED) is 0.292. The van der Waals surface area contributed by atoms with Gasteiger partial charge in [-0.3, -0.25) is 23.7 Å². The van der Waals surface area contributed by atoms with Gasteiger partial charge in [0.15, 0.2) is 0 Å². The number of imide groups is 1. The summed E-state index contributed by atoms with van der Waals surface area (Å²) >= 11 is 3.07. The van der Waals surface area contributed by atoms with Gasteiger partial charge in [0.05, 0.1) is 27.1 Å².